The van der Waals surface area contributed by atoms with E-state index in [4.69, 9.17) is 16.3 Å². The van der Waals surface area contributed by atoms with Gasteiger partial charge in [0.2, 0.25) is 0 Å². The number of aryl methyl sites for hydroxylation is 1. The van der Waals surface area contributed by atoms with Crippen molar-refractivity contribution < 1.29 is 9.84 Å². The predicted octanol–water partition coefficient (Wildman–Crippen LogP) is 3.73. The Morgan fingerprint density at radius 1 is 1.33 bits per heavy atom. The Bertz CT molecular complexity index is 591. The molecule has 0 bridgehead atoms. The van der Waals surface area contributed by atoms with E-state index in [2.05, 4.69) is 0 Å². The lowest BCUT2D eigenvalue weighted by atomic mass is 9.98. The molecule has 1 aliphatic rings. The summed E-state index contributed by atoms with van der Waals surface area (Å²) in [7, 11) is 0. The molecule has 0 aliphatic carbocycles. The van der Waals surface area contributed by atoms with Crippen LogP contribution < -0.4 is 4.74 Å². The fourth-order valence-corrected chi connectivity index (χ4v) is 3.44. The second-order valence-electron chi connectivity index (χ2n) is 4.49. The second kappa shape index (κ2) is 4.57. The minimum atomic E-state index is -0.665. The zero-order valence-corrected chi connectivity index (χ0v) is 11.5. The summed E-state index contributed by atoms with van der Waals surface area (Å²) < 4.78 is 5.63. The number of benzene rings is 1. The molecule has 1 atom stereocenters. The molecule has 0 fully saturated rings. The Labute approximate surface area is 115 Å². The van der Waals surface area contributed by atoms with Gasteiger partial charge >= 0.3 is 0 Å². The predicted molar refractivity (Wildman–Crippen MR) is 73.8 cm³/mol. The van der Waals surface area contributed by atoms with Gasteiger partial charge in [-0.1, -0.05) is 11.6 Å². The molecular weight excluding hydrogens is 268 g/mol. The average Bonchev–Trinajstić information content (AvgIpc) is 2.95. The number of fused-ring (bicyclic) bond motifs is 1. The molecule has 0 saturated carbocycles. The van der Waals surface area contributed by atoms with Crippen molar-refractivity contribution in [2.24, 2.45) is 0 Å². The number of hydrogen-bond donors (Lipinski definition) is 1. The van der Waals surface area contributed by atoms with Crippen molar-refractivity contribution in [3.05, 3.63) is 50.2 Å². The molecule has 4 heteroatoms. The molecule has 18 heavy (non-hydrogen) atoms. The van der Waals surface area contributed by atoms with Crippen LogP contribution in [0.3, 0.4) is 0 Å². The fraction of sp³-hybridized carbons (Fsp3) is 0.286. The zero-order chi connectivity index (χ0) is 12.7. The van der Waals surface area contributed by atoms with E-state index in [-0.39, 0.29) is 0 Å². The standard InChI is InChI=1S/C14H13ClO2S/c1-8-6-18-7-12(8)13(16)11-5-10(15)4-9-2-3-17-14(9)11/h4-7,13,16H,2-3H2,1H3. The maximum Gasteiger partial charge on any atom is 0.128 e. The van der Waals surface area contributed by atoms with E-state index in [1.165, 1.54) is 0 Å². The summed E-state index contributed by atoms with van der Waals surface area (Å²) >= 11 is 7.70. The van der Waals surface area contributed by atoms with Crippen LogP contribution in [0.2, 0.25) is 5.02 Å². The molecule has 1 aliphatic heterocycles. The van der Waals surface area contributed by atoms with Gasteiger partial charge in [0.1, 0.15) is 11.9 Å². The van der Waals surface area contributed by atoms with E-state index in [0.717, 1.165) is 34.4 Å². The van der Waals surface area contributed by atoms with Crippen LogP contribution >= 0.6 is 22.9 Å². The van der Waals surface area contributed by atoms with Gasteiger partial charge in [-0.25, -0.2) is 0 Å². The molecular formula is C14H13ClO2S. The Hall–Kier alpha value is -1.03. The van der Waals surface area contributed by atoms with Crippen LogP contribution in [0.25, 0.3) is 0 Å². The highest BCUT2D eigenvalue weighted by atomic mass is 35.5. The highest BCUT2D eigenvalue weighted by Crippen LogP contribution is 2.39. The van der Waals surface area contributed by atoms with Gasteiger partial charge < -0.3 is 9.84 Å². The molecule has 94 valence electrons. The molecule has 0 spiro atoms. The van der Waals surface area contributed by atoms with Crippen molar-refractivity contribution in [3.8, 4) is 5.75 Å². The van der Waals surface area contributed by atoms with Crippen molar-refractivity contribution in [2.45, 2.75) is 19.4 Å². The molecule has 1 aromatic heterocycles. The first-order valence-corrected chi connectivity index (χ1v) is 7.15. The lowest BCUT2D eigenvalue weighted by Crippen LogP contribution is -2.02. The van der Waals surface area contributed by atoms with Gasteiger partial charge in [0.15, 0.2) is 0 Å². The summed E-state index contributed by atoms with van der Waals surface area (Å²) in [5.74, 6) is 0.803. The molecule has 3 rings (SSSR count). The van der Waals surface area contributed by atoms with Crippen LogP contribution in [0.5, 0.6) is 5.75 Å². The summed E-state index contributed by atoms with van der Waals surface area (Å²) in [5, 5.41) is 15.2. The van der Waals surface area contributed by atoms with Gasteiger partial charge in [-0.15, -0.1) is 0 Å². The maximum atomic E-state index is 10.5. The van der Waals surface area contributed by atoms with E-state index >= 15 is 0 Å². The largest absolute Gasteiger partial charge is 0.493 e. The summed E-state index contributed by atoms with van der Waals surface area (Å²) in [6.07, 6.45) is 0.194. The highest BCUT2D eigenvalue weighted by molar-refractivity contribution is 7.08. The smallest absolute Gasteiger partial charge is 0.128 e. The van der Waals surface area contributed by atoms with Crippen molar-refractivity contribution in [1.82, 2.24) is 0 Å². The monoisotopic (exact) mass is 280 g/mol. The molecule has 2 heterocycles. The summed E-state index contributed by atoms with van der Waals surface area (Å²) in [5.41, 5.74) is 3.89. The van der Waals surface area contributed by atoms with Crippen molar-refractivity contribution >= 4 is 22.9 Å². The molecule has 1 aromatic carbocycles. The molecule has 0 radical (unpaired) electrons. The SMILES string of the molecule is Cc1cscc1C(O)c1cc(Cl)cc2c1OCC2. The average molecular weight is 281 g/mol. The lowest BCUT2D eigenvalue weighted by Gasteiger charge is -2.15. The second-order valence-corrected chi connectivity index (χ2v) is 5.67. The summed E-state index contributed by atoms with van der Waals surface area (Å²) in [4.78, 5) is 0. The van der Waals surface area contributed by atoms with Crippen molar-refractivity contribution in [3.63, 3.8) is 0 Å². The third kappa shape index (κ3) is 1.92. The minimum absolute atomic E-state index is 0.654. The normalized spacial score (nSPS) is 15.3. The lowest BCUT2D eigenvalue weighted by molar-refractivity contribution is 0.213. The topological polar surface area (TPSA) is 29.5 Å². The molecule has 2 nitrogen and oxygen atoms in total. The summed E-state index contributed by atoms with van der Waals surface area (Å²) in [6.45, 7) is 2.67. The van der Waals surface area contributed by atoms with Crippen LogP contribution in [0.15, 0.2) is 22.9 Å². The van der Waals surface area contributed by atoms with Crippen LogP contribution in [-0.4, -0.2) is 11.7 Å². The molecule has 1 unspecified atom stereocenters. The van der Waals surface area contributed by atoms with E-state index < -0.39 is 6.10 Å². The summed E-state index contributed by atoms with van der Waals surface area (Å²) in [6, 6.07) is 3.72. The first kappa shape index (κ1) is 12.0. The number of halogens is 1. The van der Waals surface area contributed by atoms with Crippen LogP contribution in [0.4, 0.5) is 0 Å². The van der Waals surface area contributed by atoms with Crippen LogP contribution in [0, 0.1) is 6.92 Å². The molecule has 0 amide bonds. The number of aliphatic hydroxyl groups is 1. The third-order valence-corrected chi connectivity index (χ3v) is 4.36. The number of rotatable bonds is 2. The molecule has 1 N–H and O–H groups in total. The van der Waals surface area contributed by atoms with E-state index in [0.29, 0.717) is 11.6 Å². The quantitative estimate of drug-likeness (QED) is 0.908. The minimum Gasteiger partial charge on any atom is -0.493 e. The molecule has 2 aromatic rings. The maximum absolute atomic E-state index is 10.5. The third-order valence-electron chi connectivity index (χ3n) is 3.26. The fourth-order valence-electron chi connectivity index (χ4n) is 2.32. The highest BCUT2D eigenvalue weighted by Gasteiger charge is 2.24. The number of ether oxygens (including phenoxy) is 1. The Balaban J connectivity index is 2.10. The number of aliphatic hydroxyl groups excluding tert-OH is 1. The number of thiophene rings is 1. The Morgan fingerprint density at radius 3 is 2.89 bits per heavy atom. The van der Waals surface area contributed by atoms with Crippen LogP contribution in [-0.2, 0) is 6.42 Å². The van der Waals surface area contributed by atoms with Gasteiger partial charge in [-0.05, 0) is 46.5 Å². The van der Waals surface area contributed by atoms with Crippen LogP contribution in [0.1, 0.15) is 28.4 Å². The van der Waals surface area contributed by atoms with Gasteiger partial charge in [-0.3, -0.25) is 0 Å². The number of hydrogen-bond acceptors (Lipinski definition) is 3. The van der Waals surface area contributed by atoms with Crippen molar-refractivity contribution in [1.29, 1.82) is 0 Å². The Kier molecular flexibility index (Phi) is 3.06. The molecule has 0 saturated heterocycles. The first-order chi connectivity index (χ1) is 8.66. The van der Waals surface area contributed by atoms with E-state index in [9.17, 15) is 5.11 Å². The van der Waals surface area contributed by atoms with E-state index in [1.54, 1.807) is 17.4 Å². The Morgan fingerprint density at radius 2 is 2.17 bits per heavy atom. The van der Waals surface area contributed by atoms with Gasteiger partial charge in [0.05, 0.1) is 6.61 Å². The van der Waals surface area contributed by atoms with E-state index in [1.807, 2.05) is 23.8 Å². The van der Waals surface area contributed by atoms with Gasteiger partial charge in [-0.2, -0.15) is 11.3 Å². The van der Waals surface area contributed by atoms with Gasteiger partial charge in [0.25, 0.3) is 0 Å². The van der Waals surface area contributed by atoms with Gasteiger partial charge in [0, 0.05) is 17.0 Å². The van der Waals surface area contributed by atoms with Crippen molar-refractivity contribution in [2.75, 3.05) is 6.61 Å². The zero-order valence-electron chi connectivity index (χ0n) is 9.94. The first-order valence-electron chi connectivity index (χ1n) is 5.82.